The molecule has 3 aromatic rings. The number of ether oxygens (including phenoxy) is 1. The van der Waals surface area contributed by atoms with E-state index >= 15 is 0 Å². The molecule has 0 amide bonds. The summed E-state index contributed by atoms with van der Waals surface area (Å²) in [5, 5.41) is 0. The van der Waals surface area contributed by atoms with Gasteiger partial charge in [0.25, 0.3) is 5.56 Å². The Bertz CT molecular complexity index is 1050. The molecule has 0 atom stereocenters. The molecular weight excluding hydrogens is 338 g/mol. The van der Waals surface area contributed by atoms with Crippen LogP contribution in [0.3, 0.4) is 0 Å². The van der Waals surface area contributed by atoms with E-state index in [4.69, 9.17) is 4.74 Å². The molecule has 0 radical (unpaired) electrons. The van der Waals surface area contributed by atoms with Crippen LogP contribution in [0, 0.1) is 0 Å². The predicted octanol–water partition coefficient (Wildman–Crippen LogP) is 0.00470. The van der Waals surface area contributed by atoms with Gasteiger partial charge in [-0.2, -0.15) is 0 Å². The van der Waals surface area contributed by atoms with Crippen molar-refractivity contribution in [1.29, 1.82) is 0 Å². The Morgan fingerprint density at radius 1 is 1.23 bits per heavy atom. The normalized spacial score (nSPS) is 11.0. The molecule has 3 aromatic heterocycles. The number of hydrogen-bond donors (Lipinski definition) is 0. The van der Waals surface area contributed by atoms with Gasteiger partial charge in [-0.15, -0.1) is 0 Å². The van der Waals surface area contributed by atoms with E-state index in [1.807, 2.05) is 12.1 Å². The zero-order valence-corrected chi connectivity index (χ0v) is 14.6. The van der Waals surface area contributed by atoms with Crippen LogP contribution in [-0.2, 0) is 36.6 Å². The Morgan fingerprint density at radius 3 is 2.77 bits per heavy atom. The van der Waals surface area contributed by atoms with Gasteiger partial charge in [-0.05, 0) is 24.5 Å². The quantitative estimate of drug-likeness (QED) is 0.455. The molecule has 0 spiro atoms. The third-order valence-electron chi connectivity index (χ3n) is 4.11. The van der Waals surface area contributed by atoms with Crippen LogP contribution in [0.1, 0.15) is 12.0 Å². The van der Waals surface area contributed by atoms with Crippen LogP contribution in [0.5, 0.6) is 0 Å². The van der Waals surface area contributed by atoms with Crippen LogP contribution < -0.4 is 11.2 Å². The Balaban J connectivity index is 1.65. The highest BCUT2D eigenvalue weighted by Crippen LogP contribution is 2.06. The number of imidazole rings is 1. The SMILES string of the molecule is Cn1c(=O)c2c(ncn2CC(=O)OCCCc2cccnc2)n(C)c1=O. The summed E-state index contributed by atoms with van der Waals surface area (Å²) in [6.45, 7) is 0.133. The predicted molar refractivity (Wildman–Crippen MR) is 93.7 cm³/mol. The molecule has 0 N–H and O–H groups in total. The van der Waals surface area contributed by atoms with E-state index < -0.39 is 17.2 Å². The fourth-order valence-electron chi connectivity index (χ4n) is 2.71. The number of carbonyl (C=O) groups is 1. The number of esters is 1. The maximum atomic E-state index is 12.3. The summed E-state index contributed by atoms with van der Waals surface area (Å²) < 4.78 is 8.88. The summed E-state index contributed by atoms with van der Waals surface area (Å²) >= 11 is 0. The molecular formula is C17H19N5O4. The molecule has 0 aliphatic rings. The lowest BCUT2D eigenvalue weighted by molar-refractivity contribution is -0.144. The number of aromatic nitrogens is 5. The third-order valence-corrected chi connectivity index (χ3v) is 4.11. The maximum absolute atomic E-state index is 12.3. The van der Waals surface area contributed by atoms with Crippen LogP contribution in [0.2, 0.25) is 0 Å². The van der Waals surface area contributed by atoms with Crippen LogP contribution >= 0.6 is 0 Å². The monoisotopic (exact) mass is 357 g/mol. The van der Waals surface area contributed by atoms with Gasteiger partial charge >= 0.3 is 11.7 Å². The lowest BCUT2D eigenvalue weighted by Crippen LogP contribution is -2.37. The van der Waals surface area contributed by atoms with Crippen molar-refractivity contribution in [2.75, 3.05) is 6.61 Å². The van der Waals surface area contributed by atoms with Crippen molar-refractivity contribution in [1.82, 2.24) is 23.7 Å². The third kappa shape index (κ3) is 3.41. The van der Waals surface area contributed by atoms with E-state index in [2.05, 4.69) is 9.97 Å². The molecule has 9 nitrogen and oxygen atoms in total. The Labute approximate surface area is 148 Å². The summed E-state index contributed by atoms with van der Waals surface area (Å²) in [5.41, 5.74) is 0.550. The first kappa shape index (κ1) is 17.6. The molecule has 9 heteroatoms. The van der Waals surface area contributed by atoms with E-state index in [0.717, 1.165) is 16.6 Å². The lowest BCUT2D eigenvalue weighted by atomic mass is 10.2. The molecule has 0 unspecified atom stereocenters. The molecule has 0 saturated heterocycles. The number of aryl methyl sites for hydroxylation is 2. The molecule has 0 aromatic carbocycles. The summed E-state index contributed by atoms with van der Waals surface area (Å²) in [7, 11) is 2.91. The van der Waals surface area contributed by atoms with Crippen LogP contribution in [-0.4, -0.2) is 36.2 Å². The van der Waals surface area contributed by atoms with E-state index in [1.54, 1.807) is 12.4 Å². The van der Waals surface area contributed by atoms with Gasteiger partial charge in [0.2, 0.25) is 0 Å². The van der Waals surface area contributed by atoms with Crippen molar-refractivity contribution in [3.05, 3.63) is 57.3 Å². The molecule has 0 bridgehead atoms. The van der Waals surface area contributed by atoms with E-state index in [9.17, 15) is 14.4 Å². The lowest BCUT2D eigenvalue weighted by Gasteiger charge is -2.07. The second-order valence-electron chi connectivity index (χ2n) is 5.94. The van der Waals surface area contributed by atoms with Gasteiger partial charge in [0, 0.05) is 26.5 Å². The zero-order valence-electron chi connectivity index (χ0n) is 14.6. The molecule has 0 fully saturated rings. The van der Waals surface area contributed by atoms with Gasteiger partial charge < -0.3 is 9.30 Å². The molecule has 3 rings (SSSR count). The number of fused-ring (bicyclic) bond motifs is 1. The van der Waals surface area contributed by atoms with Gasteiger partial charge in [0.05, 0.1) is 12.9 Å². The molecule has 0 aliphatic heterocycles. The first-order chi connectivity index (χ1) is 12.5. The Kier molecular flexibility index (Phi) is 4.97. The van der Waals surface area contributed by atoms with Crippen molar-refractivity contribution in [2.24, 2.45) is 14.1 Å². The fraction of sp³-hybridized carbons (Fsp3) is 0.353. The van der Waals surface area contributed by atoms with Gasteiger partial charge in [0.15, 0.2) is 11.2 Å². The molecule has 3 heterocycles. The molecule has 0 aliphatic carbocycles. The van der Waals surface area contributed by atoms with Gasteiger partial charge in [-0.1, -0.05) is 6.07 Å². The largest absolute Gasteiger partial charge is 0.464 e. The van der Waals surface area contributed by atoms with E-state index in [1.165, 1.54) is 29.6 Å². The van der Waals surface area contributed by atoms with E-state index in [0.29, 0.717) is 6.42 Å². The van der Waals surface area contributed by atoms with Crippen LogP contribution in [0.25, 0.3) is 11.2 Å². The van der Waals surface area contributed by atoms with Crippen molar-refractivity contribution < 1.29 is 9.53 Å². The maximum Gasteiger partial charge on any atom is 0.332 e. The number of hydrogen-bond acceptors (Lipinski definition) is 6. The highest BCUT2D eigenvalue weighted by Gasteiger charge is 2.16. The van der Waals surface area contributed by atoms with Crippen LogP contribution in [0.15, 0.2) is 40.4 Å². The Hall–Kier alpha value is -3.23. The Morgan fingerprint density at radius 2 is 2.04 bits per heavy atom. The van der Waals surface area contributed by atoms with Crippen molar-refractivity contribution >= 4 is 17.1 Å². The number of nitrogens with zero attached hydrogens (tertiary/aromatic N) is 5. The van der Waals surface area contributed by atoms with Gasteiger partial charge in [-0.3, -0.25) is 23.7 Å². The van der Waals surface area contributed by atoms with Gasteiger partial charge in [0.1, 0.15) is 6.54 Å². The summed E-state index contributed by atoms with van der Waals surface area (Å²) in [6, 6.07) is 3.83. The second kappa shape index (κ2) is 7.34. The first-order valence-corrected chi connectivity index (χ1v) is 8.14. The fourth-order valence-corrected chi connectivity index (χ4v) is 2.71. The minimum atomic E-state index is -0.495. The van der Waals surface area contributed by atoms with Crippen molar-refractivity contribution in [2.45, 2.75) is 19.4 Å². The van der Waals surface area contributed by atoms with Gasteiger partial charge in [-0.25, -0.2) is 9.78 Å². The zero-order chi connectivity index (χ0) is 18.7. The van der Waals surface area contributed by atoms with Crippen LogP contribution in [0.4, 0.5) is 0 Å². The van der Waals surface area contributed by atoms with E-state index in [-0.39, 0.29) is 24.3 Å². The summed E-state index contributed by atoms with van der Waals surface area (Å²) in [6.07, 6.45) is 6.29. The number of carbonyl (C=O) groups excluding carboxylic acids is 1. The second-order valence-corrected chi connectivity index (χ2v) is 5.94. The van der Waals surface area contributed by atoms with Crippen molar-refractivity contribution in [3.8, 4) is 0 Å². The number of rotatable bonds is 6. The van der Waals surface area contributed by atoms with Crippen molar-refractivity contribution in [3.63, 3.8) is 0 Å². The average Bonchev–Trinajstić information content (AvgIpc) is 3.06. The standard InChI is InChI=1S/C17H19N5O4/c1-20-15-14(16(24)21(2)17(20)25)22(11-19-15)10-13(23)26-8-4-6-12-5-3-7-18-9-12/h3,5,7,9,11H,4,6,8,10H2,1-2H3. The molecule has 26 heavy (non-hydrogen) atoms. The average molecular weight is 357 g/mol. The topological polar surface area (TPSA) is 101 Å². The summed E-state index contributed by atoms with van der Waals surface area (Å²) in [4.78, 5) is 44.4. The number of pyridine rings is 1. The minimum absolute atomic E-state index is 0.142. The highest BCUT2D eigenvalue weighted by molar-refractivity contribution is 5.75. The molecule has 0 saturated carbocycles. The summed E-state index contributed by atoms with van der Waals surface area (Å²) in [5.74, 6) is -0.466. The minimum Gasteiger partial charge on any atom is -0.464 e. The first-order valence-electron chi connectivity index (χ1n) is 8.14. The molecule has 136 valence electrons. The smallest absolute Gasteiger partial charge is 0.332 e. The highest BCUT2D eigenvalue weighted by atomic mass is 16.5.